The normalized spacial score (nSPS) is 10.6. The fourth-order valence-electron chi connectivity index (χ4n) is 2.89. The summed E-state index contributed by atoms with van der Waals surface area (Å²) in [6.45, 7) is 3.17. The Bertz CT molecular complexity index is 902. The van der Waals surface area contributed by atoms with Gasteiger partial charge < -0.3 is 10.1 Å². The fourth-order valence-corrected chi connectivity index (χ4v) is 2.89. The average molecular weight is 363 g/mol. The van der Waals surface area contributed by atoms with E-state index in [1.54, 1.807) is 16.8 Å². The highest BCUT2D eigenvalue weighted by Crippen LogP contribution is 2.16. The molecule has 1 amide bonds. The van der Waals surface area contributed by atoms with Gasteiger partial charge in [-0.3, -0.25) is 9.48 Å². The molecule has 0 aliphatic heterocycles. The van der Waals surface area contributed by atoms with Gasteiger partial charge in [0.15, 0.2) is 0 Å². The summed E-state index contributed by atoms with van der Waals surface area (Å²) < 4.78 is 7.62. The van der Waals surface area contributed by atoms with E-state index in [-0.39, 0.29) is 5.91 Å². The number of hydrogen-bond acceptors (Lipinski definition) is 3. The number of benzene rings is 2. The van der Waals surface area contributed by atoms with E-state index >= 15 is 0 Å². The minimum absolute atomic E-state index is 0.0813. The molecule has 140 valence electrons. The predicted octanol–water partition coefficient (Wildman–Crippen LogP) is 3.67. The number of carbonyl (C=O) groups is 1. The van der Waals surface area contributed by atoms with Gasteiger partial charge >= 0.3 is 0 Å². The van der Waals surface area contributed by atoms with Gasteiger partial charge in [0.1, 0.15) is 12.4 Å². The van der Waals surface area contributed by atoms with Gasteiger partial charge in [0.25, 0.3) is 5.91 Å². The molecule has 3 rings (SSSR count). The largest absolute Gasteiger partial charge is 0.489 e. The SMILES string of the molecule is Cc1cccc(COc2cccc(C(=O)NCCCc3cnn(C)c3)c2)c1. The quantitative estimate of drug-likeness (QED) is 0.621. The fraction of sp³-hybridized carbons (Fsp3) is 0.273. The molecule has 1 heterocycles. The van der Waals surface area contributed by atoms with Gasteiger partial charge in [-0.1, -0.05) is 35.9 Å². The molecule has 5 heteroatoms. The number of nitrogens with zero attached hydrogens (tertiary/aromatic N) is 2. The summed E-state index contributed by atoms with van der Waals surface area (Å²) in [5, 5.41) is 7.11. The summed E-state index contributed by atoms with van der Waals surface area (Å²) in [5.74, 6) is 0.613. The molecule has 0 radical (unpaired) electrons. The summed E-state index contributed by atoms with van der Waals surface area (Å²) in [6, 6.07) is 15.5. The van der Waals surface area contributed by atoms with Crippen LogP contribution >= 0.6 is 0 Å². The number of carbonyl (C=O) groups excluding carboxylic acids is 1. The van der Waals surface area contributed by atoms with Gasteiger partial charge in [0, 0.05) is 25.4 Å². The highest BCUT2D eigenvalue weighted by atomic mass is 16.5. The minimum atomic E-state index is -0.0813. The number of aryl methyl sites for hydroxylation is 3. The van der Waals surface area contributed by atoms with Crippen molar-refractivity contribution in [3.63, 3.8) is 0 Å². The molecule has 0 aliphatic carbocycles. The highest BCUT2D eigenvalue weighted by Gasteiger charge is 2.07. The van der Waals surface area contributed by atoms with Crippen molar-refractivity contribution in [2.24, 2.45) is 7.05 Å². The maximum absolute atomic E-state index is 12.3. The minimum Gasteiger partial charge on any atom is -0.489 e. The lowest BCUT2D eigenvalue weighted by molar-refractivity contribution is 0.0952. The van der Waals surface area contributed by atoms with E-state index in [1.807, 2.05) is 43.7 Å². The first-order valence-corrected chi connectivity index (χ1v) is 9.14. The molecule has 2 aromatic carbocycles. The van der Waals surface area contributed by atoms with Crippen molar-refractivity contribution in [2.45, 2.75) is 26.4 Å². The Kier molecular flexibility index (Phi) is 6.26. The lowest BCUT2D eigenvalue weighted by Crippen LogP contribution is -2.24. The molecule has 1 N–H and O–H groups in total. The van der Waals surface area contributed by atoms with Crippen LogP contribution in [0.3, 0.4) is 0 Å². The average Bonchev–Trinajstić information content (AvgIpc) is 3.09. The number of aromatic nitrogens is 2. The summed E-state index contributed by atoms with van der Waals surface area (Å²) in [6.07, 6.45) is 5.63. The van der Waals surface area contributed by atoms with Gasteiger partial charge in [0.2, 0.25) is 0 Å². The first-order chi connectivity index (χ1) is 13.1. The van der Waals surface area contributed by atoms with Crippen LogP contribution < -0.4 is 10.1 Å². The maximum Gasteiger partial charge on any atom is 0.251 e. The Hall–Kier alpha value is -3.08. The monoisotopic (exact) mass is 363 g/mol. The molecule has 0 saturated heterocycles. The first kappa shape index (κ1) is 18.7. The second kappa shape index (κ2) is 9.03. The van der Waals surface area contributed by atoms with Crippen LogP contribution in [0, 0.1) is 6.92 Å². The number of hydrogen-bond donors (Lipinski definition) is 1. The van der Waals surface area contributed by atoms with Crippen LogP contribution in [0.5, 0.6) is 5.75 Å². The van der Waals surface area contributed by atoms with E-state index in [1.165, 1.54) is 11.1 Å². The summed E-state index contributed by atoms with van der Waals surface area (Å²) in [5.41, 5.74) is 4.10. The second-order valence-corrected chi connectivity index (χ2v) is 6.69. The molecule has 0 bridgehead atoms. The zero-order chi connectivity index (χ0) is 19.1. The second-order valence-electron chi connectivity index (χ2n) is 6.69. The van der Waals surface area contributed by atoms with Crippen molar-refractivity contribution in [3.8, 4) is 5.75 Å². The molecular formula is C22H25N3O2. The van der Waals surface area contributed by atoms with E-state index in [4.69, 9.17) is 4.74 Å². The van der Waals surface area contributed by atoms with Gasteiger partial charge in [0.05, 0.1) is 6.20 Å². The van der Waals surface area contributed by atoms with Gasteiger partial charge in [-0.05, 0) is 49.1 Å². The first-order valence-electron chi connectivity index (χ1n) is 9.14. The van der Waals surface area contributed by atoms with E-state index in [0.29, 0.717) is 24.5 Å². The van der Waals surface area contributed by atoms with Gasteiger partial charge in [-0.25, -0.2) is 0 Å². The molecule has 0 aliphatic rings. The topological polar surface area (TPSA) is 56.1 Å². The molecule has 0 unspecified atom stereocenters. The van der Waals surface area contributed by atoms with Crippen LogP contribution in [-0.2, 0) is 20.1 Å². The molecule has 0 saturated carbocycles. The Balaban J connectivity index is 1.47. The molecule has 1 aromatic heterocycles. The molecular weight excluding hydrogens is 338 g/mol. The van der Waals surface area contributed by atoms with Crippen LogP contribution in [-0.4, -0.2) is 22.2 Å². The van der Waals surface area contributed by atoms with Crippen LogP contribution in [0.25, 0.3) is 0 Å². The molecule has 0 atom stereocenters. The van der Waals surface area contributed by atoms with Crippen LogP contribution in [0.1, 0.15) is 33.5 Å². The lowest BCUT2D eigenvalue weighted by atomic mass is 10.1. The van der Waals surface area contributed by atoms with Crippen molar-refractivity contribution < 1.29 is 9.53 Å². The van der Waals surface area contributed by atoms with Crippen LogP contribution in [0.15, 0.2) is 60.9 Å². The van der Waals surface area contributed by atoms with Gasteiger partial charge in [-0.15, -0.1) is 0 Å². The Morgan fingerprint density at radius 2 is 2.00 bits per heavy atom. The third kappa shape index (κ3) is 5.71. The molecule has 27 heavy (non-hydrogen) atoms. The molecule has 0 fully saturated rings. The zero-order valence-electron chi connectivity index (χ0n) is 15.8. The number of nitrogens with one attached hydrogen (secondary N) is 1. The Morgan fingerprint density at radius 1 is 1.15 bits per heavy atom. The summed E-state index contributed by atoms with van der Waals surface area (Å²) in [7, 11) is 1.90. The van der Waals surface area contributed by atoms with Crippen molar-refractivity contribution >= 4 is 5.91 Å². The standard InChI is InChI=1S/C22H25N3O2/c1-17-6-3-7-18(12-17)16-27-21-10-4-9-20(13-21)22(26)23-11-5-8-19-14-24-25(2)15-19/h3-4,6-7,9-10,12-15H,5,8,11,16H2,1-2H3,(H,23,26). The van der Waals surface area contributed by atoms with Crippen molar-refractivity contribution in [1.82, 2.24) is 15.1 Å². The number of ether oxygens (including phenoxy) is 1. The highest BCUT2D eigenvalue weighted by molar-refractivity contribution is 5.94. The van der Waals surface area contributed by atoms with Crippen LogP contribution in [0.4, 0.5) is 0 Å². The van der Waals surface area contributed by atoms with E-state index < -0.39 is 0 Å². The predicted molar refractivity (Wildman–Crippen MR) is 106 cm³/mol. The molecule has 0 spiro atoms. The van der Waals surface area contributed by atoms with Gasteiger partial charge in [-0.2, -0.15) is 5.10 Å². The van der Waals surface area contributed by atoms with Crippen LogP contribution in [0.2, 0.25) is 0 Å². The Labute approximate surface area is 160 Å². The number of rotatable bonds is 8. The summed E-state index contributed by atoms with van der Waals surface area (Å²) in [4.78, 5) is 12.3. The van der Waals surface area contributed by atoms with Crippen molar-refractivity contribution in [1.29, 1.82) is 0 Å². The maximum atomic E-state index is 12.3. The van der Waals surface area contributed by atoms with Crippen molar-refractivity contribution in [2.75, 3.05) is 6.54 Å². The lowest BCUT2D eigenvalue weighted by Gasteiger charge is -2.09. The third-order valence-corrected chi connectivity index (χ3v) is 4.27. The van der Waals surface area contributed by atoms with E-state index in [0.717, 1.165) is 18.4 Å². The van der Waals surface area contributed by atoms with E-state index in [9.17, 15) is 4.79 Å². The molecule has 3 aromatic rings. The zero-order valence-corrected chi connectivity index (χ0v) is 15.8. The summed E-state index contributed by atoms with van der Waals surface area (Å²) >= 11 is 0. The molecule has 5 nitrogen and oxygen atoms in total. The smallest absolute Gasteiger partial charge is 0.251 e. The third-order valence-electron chi connectivity index (χ3n) is 4.27. The van der Waals surface area contributed by atoms with Crippen molar-refractivity contribution in [3.05, 3.63) is 83.2 Å². The number of amides is 1. The van der Waals surface area contributed by atoms with E-state index in [2.05, 4.69) is 29.5 Å². The Morgan fingerprint density at radius 3 is 2.78 bits per heavy atom.